The van der Waals surface area contributed by atoms with Crippen molar-refractivity contribution >= 4 is 12.1 Å². The zero-order valence-corrected chi connectivity index (χ0v) is 14.2. The van der Waals surface area contributed by atoms with E-state index in [0.29, 0.717) is 18.1 Å². The van der Waals surface area contributed by atoms with Gasteiger partial charge in [0.25, 0.3) is 0 Å². The summed E-state index contributed by atoms with van der Waals surface area (Å²) in [4.78, 5) is 19.1. The summed E-state index contributed by atoms with van der Waals surface area (Å²) in [6.07, 6.45) is 5.69. The van der Waals surface area contributed by atoms with Crippen molar-refractivity contribution in [2.24, 2.45) is 0 Å². The number of aldehydes is 1. The van der Waals surface area contributed by atoms with E-state index in [1.807, 2.05) is 6.92 Å². The highest BCUT2D eigenvalue weighted by Crippen LogP contribution is 2.31. The van der Waals surface area contributed by atoms with Crippen LogP contribution >= 0.6 is 0 Å². The molecule has 1 aromatic heterocycles. The topological polar surface area (TPSA) is 64.1 Å². The maximum atomic E-state index is 11.0. The van der Waals surface area contributed by atoms with Gasteiger partial charge in [-0.3, -0.25) is 4.79 Å². The number of aryl methyl sites for hydroxylation is 1. The zero-order chi connectivity index (χ0) is 16.9. The molecule has 0 unspecified atom stereocenters. The van der Waals surface area contributed by atoms with Gasteiger partial charge < -0.3 is 10.1 Å². The predicted octanol–water partition coefficient (Wildman–Crippen LogP) is 3.63. The molecule has 0 radical (unpaired) electrons. The number of aromatic nitrogens is 2. The third-order valence-electron chi connectivity index (χ3n) is 4.53. The van der Waals surface area contributed by atoms with Gasteiger partial charge in [-0.1, -0.05) is 29.8 Å². The molecule has 2 aromatic rings. The SMILES string of the molecule is Cc1ccc([C@@H]2CCC[C@H](CNc3ncnc(C=O)c3C)O2)cc1. The van der Waals surface area contributed by atoms with Crippen LogP contribution in [0.2, 0.25) is 0 Å². The molecular weight excluding hydrogens is 302 g/mol. The molecule has 1 fully saturated rings. The number of nitrogens with one attached hydrogen (secondary N) is 1. The van der Waals surface area contributed by atoms with Crippen LogP contribution in [0.4, 0.5) is 5.82 Å². The smallest absolute Gasteiger partial charge is 0.168 e. The molecule has 1 aliphatic rings. The minimum Gasteiger partial charge on any atom is -0.368 e. The van der Waals surface area contributed by atoms with E-state index in [-0.39, 0.29) is 12.2 Å². The molecule has 5 nitrogen and oxygen atoms in total. The first-order valence-electron chi connectivity index (χ1n) is 8.40. The quantitative estimate of drug-likeness (QED) is 0.851. The molecule has 24 heavy (non-hydrogen) atoms. The van der Waals surface area contributed by atoms with Gasteiger partial charge in [0, 0.05) is 12.1 Å². The first kappa shape index (κ1) is 16.6. The Balaban J connectivity index is 1.62. The minimum atomic E-state index is 0.138. The molecule has 1 saturated heterocycles. The van der Waals surface area contributed by atoms with Gasteiger partial charge in [0.05, 0.1) is 12.2 Å². The van der Waals surface area contributed by atoms with Crippen molar-refractivity contribution in [1.29, 1.82) is 0 Å². The highest BCUT2D eigenvalue weighted by atomic mass is 16.5. The molecule has 3 rings (SSSR count). The fourth-order valence-corrected chi connectivity index (χ4v) is 3.05. The Labute approximate surface area is 142 Å². The van der Waals surface area contributed by atoms with E-state index in [9.17, 15) is 4.79 Å². The molecule has 1 aromatic carbocycles. The van der Waals surface area contributed by atoms with Crippen LogP contribution in [-0.4, -0.2) is 28.9 Å². The van der Waals surface area contributed by atoms with E-state index in [1.54, 1.807) is 0 Å². The van der Waals surface area contributed by atoms with Gasteiger partial charge >= 0.3 is 0 Å². The summed E-state index contributed by atoms with van der Waals surface area (Å²) >= 11 is 0. The fourth-order valence-electron chi connectivity index (χ4n) is 3.05. The number of hydrogen-bond donors (Lipinski definition) is 1. The summed E-state index contributed by atoms with van der Waals surface area (Å²) in [6, 6.07) is 8.57. The average Bonchev–Trinajstić information content (AvgIpc) is 2.62. The number of hydrogen-bond acceptors (Lipinski definition) is 5. The van der Waals surface area contributed by atoms with Gasteiger partial charge in [0.15, 0.2) is 6.29 Å². The highest BCUT2D eigenvalue weighted by Gasteiger charge is 2.23. The van der Waals surface area contributed by atoms with E-state index in [2.05, 4.69) is 46.5 Å². The van der Waals surface area contributed by atoms with Crippen molar-refractivity contribution in [3.05, 3.63) is 53.0 Å². The molecule has 0 amide bonds. The Morgan fingerprint density at radius 2 is 2.00 bits per heavy atom. The second-order valence-corrected chi connectivity index (χ2v) is 6.32. The Morgan fingerprint density at radius 1 is 1.21 bits per heavy atom. The lowest BCUT2D eigenvalue weighted by molar-refractivity contribution is -0.0442. The van der Waals surface area contributed by atoms with Crippen molar-refractivity contribution in [2.75, 3.05) is 11.9 Å². The van der Waals surface area contributed by atoms with Gasteiger partial charge in [-0.25, -0.2) is 9.97 Å². The van der Waals surface area contributed by atoms with Crippen LogP contribution in [0.1, 0.15) is 52.5 Å². The normalized spacial score (nSPS) is 20.6. The zero-order valence-electron chi connectivity index (χ0n) is 14.2. The molecule has 0 aliphatic carbocycles. The van der Waals surface area contributed by atoms with E-state index < -0.39 is 0 Å². The summed E-state index contributed by atoms with van der Waals surface area (Å²) in [5.41, 5.74) is 3.71. The number of nitrogens with zero attached hydrogens (tertiary/aromatic N) is 2. The van der Waals surface area contributed by atoms with Crippen LogP contribution in [0.15, 0.2) is 30.6 Å². The molecule has 5 heteroatoms. The Morgan fingerprint density at radius 3 is 2.75 bits per heavy atom. The number of rotatable bonds is 5. The van der Waals surface area contributed by atoms with Gasteiger partial charge in [-0.05, 0) is 38.7 Å². The molecule has 1 N–H and O–H groups in total. The number of benzene rings is 1. The van der Waals surface area contributed by atoms with E-state index in [0.717, 1.165) is 31.1 Å². The molecule has 0 saturated carbocycles. The van der Waals surface area contributed by atoms with Crippen LogP contribution in [0.5, 0.6) is 0 Å². The van der Waals surface area contributed by atoms with Crippen molar-refractivity contribution < 1.29 is 9.53 Å². The molecule has 2 heterocycles. The van der Waals surface area contributed by atoms with E-state index >= 15 is 0 Å². The summed E-state index contributed by atoms with van der Waals surface area (Å²) in [7, 11) is 0. The van der Waals surface area contributed by atoms with E-state index in [1.165, 1.54) is 17.5 Å². The molecule has 0 spiro atoms. The van der Waals surface area contributed by atoms with Crippen LogP contribution < -0.4 is 5.32 Å². The predicted molar refractivity (Wildman–Crippen MR) is 93.3 cm³/mol. The van der Waals surface area contributed by atoms with Crippen molar-refractivity contribution in [3.8, 4) is 0 Å². The third kappa shape index (κ3) is 3.79. The second-order valence-electron chi connectivity index (χ2n) is 6.32. The monoisotopic (exact) mass is 325 g/mol. The second kappa shape index (κ2) is 7.53. The number of anilines is 1. The Kier molecular flexibility index (Phi) is 5.20. The number of ether oxygens (including phenoxy) is 1. The van der Waals surface area contributed by atoms with E-state index in [4.69, 9.17) is 4.74 Å². The van der Waals surface area contributed by atoms with Crippen LogP contribution in [-0.2, 0) is 4.74 Å². The first-order valence-corrected chi connectivity index (χ1v) is 8.40. The van der Waals surface area contributed by atoms with Crippen LogP contribution in [0.3, 0.4) is 0 Å². The lowest BCUT2D eigenvalue weighted by atomic mass is 9.97. The molecular formula is C19H23N3O2. The van der Waals surface area contributed by atoms with Gasteiger partial charge in [0.1, 0.15) is 17.8 Å². The van der Waals surface area contributed by atoms with Crippen molar-refractivity contribution in [2.45, 2.75) is 45.3 Å². The summed E-state index contributed by atoms with van der Waals surface area (Å²) in [5, 5.41) is 3.30. The first-order chi connectivity index (χ1) is 11.7. The average molecular weight is 325 g/mol. The lowest BCUT2D eigenvalue weighted by Crippen LogP contribution is -2.29. The minimum absolute atomic E-state index is 0.138. The van der Waals surface area contributed by atoms with Gasteiger partial charge in [-0.2, -0.15) is 0 Å². The Hall–Kier alpha value is -2.27. The summed E-state index contributed by atoms with van der Waals surface area (Å²) < 4.78 is 6.26. The third-order valence-corrected chi connectivity index (χ3v) is 4.53. The standard InChI is InChI=1S/C19H23N3O2/c1-13-6-8-15(9-7-13)18-5-3-4-16(24-18)10-20-19-14(2)17(11-23)21-12-22-19/h6-9,11-12,16,18H,3-5,10H2,1-2H3,(H,20,21,22)/t16-,18+/m1/s1. The molecule has 1 aliphatic heterocycles. The maximum Gasteiger partial charge on any atom is 0.168 e. The highest BCUT2D eigenvalue weighted by molar-refractivity contribution is 5.76. The lowest BCUT2D eigenvalue weighted by Gasteiger charge is -2.31. The maximum absolute atomic E-state index is 11.0. The molecule has 0 bridgehead atoms. The largest absolute Gasteiger partial charge is 0.368 e. The fraction of sp³-hybridized carbons (Fsp3) is 0.421. The van der Waals surface area contributed by atoms with Gasteiger partial charge in [0.2, 0.25) is 0 Å². The Bertz CT molecular complexity index is 700. The van der Waals surface area contributed by atoms with Crippen LogP contribution in [0, 0.1) is 13.8 Å². The van der Waals surface area contributed by atoms with Gasteiger partial charge in [-0.15, -0.1) is 0 Å². The molecule has 2 atom stereocenters. The summed E-state index contributed by atoms with van der Waals surface area (Å²) in [5.74, 6) is 0.702. The van der Waals surface area contributed by atoms with Crippen LogP contribution in [0.25, 0.3) is 0 Å². The number of carbonyl (C=O) groups is 1. The molecule has 126 valence electrons. The number of carbonyl (C=O) groups excluding carboxylic acids is 1. The van der Waals surface area contributed by atoms with Crippen molar-refractivity contribution in [3.63, 3.8) is 0 Å². The van der Waals surface area contributed by atoms with Crippen molar-refractivity contribution in [1.82, 2.24) is 9.97 Å². The summed E-state index contributed by atoms with van der Waals surface area (Å²) in [6.45, 7) is 4.62.